The van der Waals surface area contributed by atoms with E-state index >= 15 is 0 Å². The lowest BCUT2D eigenvalue weighted by molar-refractivity contribution is 0.0320. The molecule has 1 unspecified atom stereocenters. The van der Waals surface area contributed by atoms with Crippen LogP contribution in [0.15, 0.2) is 0 Å². The Hall–Kier alpha value is -0.330. The molecule has 4 heteroatoms. The first-order valence-electron chi connectivity index (χ1n) is 2.66. The smallest absolute Gasteiger partial charge is 0.127 e. The number of hydrogen-bond donors (Lipinski definition) is 0. The van der Waals surface area contributed by atoms with E-state index < -0.39 is 6.04 Å². The van der Waals surface area contributed by atoms with Crippen LogP contribution in [0.5, 0.6) is 0 Å². The zero-order chi connectivity index (χ0) is 5.98. The highest BCUT2D eigenvalue weighted by atomic mass is 35.5. The Kier molecular flexibility index (Phi) is 3.52. The summed E-state index contributed by atoms with van der Waals surface area (Å²) in [4.78, 5) is 0. The molecule has 52 valence electrons. The molecule has 1 fully saturated rings. The van der Waals surface area contributed by atoms with Gasteiger partial charge in [0, 0.05) is 6.54 Å². The third kappa shape index (κ3) is 1.81. The predicted molar refractivity (Wildman–Crippen MR) is 33.7 cm³/mol. The number of rotatable bonds is 0. The van der Waals surface area contributed by atoms with Gasteiger partial charge >= 0.3 is 0 Å². The fraction of sp³-hybridized carbons (Fsp3) is 0.800. The lowest BCUT2D eigenvalue weighted by atomic mass is 10.2. The van der Waals surface area contributed by atoms with Crippen LogP contribution >= 0.6 is 12.4 Å². The number of hydrogen-bond acceptors (Lipinski definition) is 2. The third-order valence-corrected chi connectivity index (χ3v) is 1.34. The van der Waals surface area contributed by atoms with Crippen molar-refractivity contribution in [2.75, 3.05) is 6.54 Å². The van der Waals surface area contributed by atoms with Crippen LogP contribution < -0.4 is 0 Å². The van der Waals surface area contributed by atoms with Gasteiger partial charge in [-0.05, 0) is 12.8 Å². The third-order valence-electron chi connectivity index (χ3n) is 1.34. The Bertz CT molecular complexity index is 123. The topological polar surface area (TPSA) is 27.0 Å². The summed E-state index contributed by atoms with van der Waals surface area (Å²) in [5.74, 6) is 0. The van der Waals surface area contributed by atoms with Gasteiger partial charge in [0.1, 0.15) is 6.04 Å². The Labute approximate surface area is 59.6 Å². The predicted octanol–water partition coefficient (Wildman–Crippen LogP) is 1.28. The number of nitrogens with zero attached hydrogens (tertiary/aromatic N) is 2. The molecule has 0 saturated carbocycles. The molecule has 0 aromatic rings. The molecule has 0 aromatic carbocycles. The molecule has 0 aromatic heterocycles. The molecule has 1 rings (SSSR count). The van der Waals surface area contributed by atoms with Gasteiger partial charge in [-0.3, -0.25) is 0 Å². The molecule has 9 heavy (non-hydrogen) atoms. The maximum atomic E-state index is 12.2. The minimum absolute atomic E-state index is 0. The minimum atomic E-state index is -0.463. The van der Waals surface area contributed by atoms with E-state index in [1.54, 1.807) is 0 Å². The molecule has 2 nitrogen and oxygen atoms in total. The Morgan fingerprint density at radius 2 is 2.33 bits per heavy atom. The van der Waals surface area contributed by atoms with Gasteiger partial charge in [0.25, 0.3) is 0 Å². The number of nitriles is 1. The van der Waals surface area contributed by atoms with Gasteiger partial charge in [-0.15, -0.1) is 22.0 Å². The molecule has 1 heterocycles. The summed E-state index contributed by atoms with van der Waals surface area (Å²) in [7, 11) is 0. The second-order valence-corrected chi connectivity index (χ2v) is 1.91. The van der Waals surface area contributed by atoms with Crippen molar-refractivity contribution in [1.29, 1.82) is 5.26 Å². The molecular formula is C5H8ClFN2. The first kappa shape index (κ1) is 8.67. The van der Waals surface area contributed by atoms with Gasteiger partial charge < -0.3 is 0 Å². The lowest BCUT2D eigenvalue weighted by Crippen LogP contribution is -2.17. The quantitative estimate of drug-likeness (QED) is 0.487. The van der Waals surface area contributed by atoms with E-state index in [-0.39, 0.29) is 12.4 Å². The van der Waals surface area contributed by atoms with E-state index in [9.17, 15) is 4.48 Å². The summed E-state index contributed by atoms with van der Waals surface area (Å²) in [6, 6.07) is 1.40. The van der Waals surface area contributed by atoms with E-state index in [0.29, 0.717) is 18.1 Å². The van der Waals surface area contributed by atoms with E-state index in [4.69, 9.17) is 5.26 Å². The van der Waals surface area contributed by atoms with E-state index in [1.165, 1.54) is 0 Å². The standard InChI is InChI=1S/C5H7FN2.ClH/c6-8-3-1-2-5(8)4-7;/h5H,1-3H2;1H. The lowest BCUT2D eigenvalue weighted by Gasteiger charge is -2.03. The van der Waals surface area contributed by atoms with Crippen LogP contribution in [0, 0.1) is 11.3 Å². The molecule has 0 aliphatic carbocycles. The van der Waals surface area contributed by atoms with Crippen LogP contribution in [-0.2, 0) is 0 Å². The zero-order valence-electron chi connectivity index (χ0n) is 4.88. The summed E-state index contributed by atoms with van der Waals surface area (Å²) in [5.41, 5.74) is 0. The zero-order valence-corrected chi connectivity index (χ0v) is 5.70. The Morgan fingerprint density at radius 1 is 1.67 bits per heavy atom. The maximum absolute atomic E-state index is 12.2. The van der Waals surface area contributed by atoms with E-state index in [1.807, 2.05) is 6.07 Å². The van der Waals surface area contributed by atoms with Crippen molar-refractivity contribution in [3.8, 4) is 6.07 Å². The van der Waals surface area contributed by atoms with Crippen LogP contribution in [0.4, 0.5) is 4.48 Å². The van der Waals surface area contributed by atoms with Crippen molar-refractivity contribution in [1.82, 2.24) is 5.12 Å². The first-order chi connectivity index (χ1) is 3.84. The summed E-state index contributed by atoms with van der Waals surface area (Å²) < 4.78 is 12.2. The first-order valence-corrected chi connectivity index (χ1v) is 2.66. The van der Waals surface area contributed by atoms with Gasteiger partial charge in [-0.2, -0.15) is 5.26 Å². The molecule has 0 spiro atoms. The number of halogens is 2. The second-order valence-electron chi connectivity index (χ2n) is 1.91. The second kappa shape index (κ2) is 3.65. The highest BCUT2D eigenvalue weighted by Crippen LogP contribution is 2.15. The van der Waals surface area contributed by atoms with Crippen molar-refractivity contribution >= 4 is 12.4 Å². The van der Waals surface area contributed by atoms with E-state index in [0.717, 1.165) is 6.42 Å². The van der Waals surface area contributed by atoms with Crippen molar-refractivity contribution in [3.05, 3.63) is 0 Å². The van der Waals surface area contributed by atoms with Crippen molar-refractivity contribution in [2.45, 2.75) is 18.9 Å². The van der Waals surface area contributed by atoms with Crippen molar-refractivity contribution in [2.24, 2.45) is 0 Å². The summed E-state index contributed by atoms with van der Waals surface area (Å²) in [6.45, 7) is 0.429. The van der Waals surface area contributed by atoms with Gasteiger partial charge in [0.15, 0.2) is 0 Å². The highest BCUT2D eigenvalue weighted by Gasteiger charge is 2.23. The minimum Gasteiger partial charge on any atom is -0.196 e. The Morgan fingerprint density at radius 3 is 2.56 bits per heavy atom. The molecular weight excluding hydrogens is 143 g/mol. The van der Waals surface area contributed by atoms with Gasteiger partial charge in [-0.25, -0.2) is 0 Å². The Balaban J connectivity index is 0.000000640. The van der Waals surface area contributed by atoms with Gasteiger partial charge in [0.05, 0.1) is 6.07 Å². The van der Waals surface area contributed by atoms with Crippen LogP contribution in [0.1, 0.15) is 12.8 Å². The molecule has 0 bridgehead atoms. The molecule has 1 atom stereocenters. The van der Waals surface area contributed by atoms with Crippen LogP contribution in [0.3, 0.4) is 0 Å². The maximum Gasteiger partial charge on any atom is 0.127 e. The largest absolute Gasteiger partial charge is 0.196 e. The monoisotopic (exact) mass is 150 g/mol. The SMILES string of the molecule is Cl.N#CC1CCCN1F. The normalized spacial score (nSPS) is 26.9. The average molecular weight is 151 g/mol. The summed E-state index contributed by atoms with van der Waals surface area (Å²) >= 11 is 0. The molecule has 0 radical (unpaired) electrons. The molecule has 1 saturated heterocycles. The van der Waals surface area contributed by atoms with Crippen molar-refractivity contribution < 1.29 is 4.48 Å². The highest BCUT2D eigenvalue weighted by molar-refractivity contribution is 5.85. The van der Waals surface area contributed by atoms with Crippen LogP contribution in [0.2, 0.25) is 0 Å². The molecule has 0 N–H and O–H groups in total. The van der Waals surface area contributed by atoms with Crippen LogP contribution in [0.25, 0.3) is 0 Å². The average Bonchev–Trinajstić information content (AvgIpc) is 2.14. The molecule has 1 aliphatic heterocycles. The molecule has 1 aliphatic rings. The fourth-order valence-corrected chi connectivity index (χ4v) is 0.859. The van der Waals surface area contributed by atoms with Gasteiger partial charge in [-0.1, -0.05) is 0 Å². The fourth-order valence-electron chi connectivity index (χ4n) is 0.859. The van der Waals surface area contributed by atoms with Crippen LogP contribution in [-0.4, -0.2) is 17.7 Å². The summed E-state index contributed by atoms with van der Waals surface area (Å²) in [6.07, 6.45) is 1.50. The molecule has 0 amide bonds. The summed E-state index contributed by atoms with van der Waals surface area (Å²) in [5, 5.41) is 8.80. The van der Waals surface area contributed by atoms with Gasteiger partial charge in [0.2, 0.25) is 0 Å². The van der Waals surface area contributed by atoms with Crippen molar-refractivity contribution in [3.63, 3.8) is 0 Å². The van der Waals surface area contributed by atoms with E-state index in [2.05, 4.69) is 0 Å².